The number of hydrogen-bond donors (Lipinski definition) is 1. The minimum absolute atomic E-state index is 0.632. The van der Waals surface area contributed by atoms with Crippen molar-refractivity contribution in [1.82, 2.24) is 15.5 Å². The fourth-order valence-electron chi connectivity index (χ4n) is 1.08. The van der Waals surface area contributed by atoms with Gasteiger partial charge in [0.25, 0.3) is 0 Å². The summed E-state index contributed by atoms with van der Waals surface area (Å²) in [5.74, 6) is 0. The maximum Gasteiger partial charge on any atom is 0.0837 e. The summed E-state index contributed by atoms with van der Waals surface area (Å²) in [5.41, 5.74) is 1.95. The average Bonchev–Trinajstić information content (AvgIpc) is 2.69. The van der Waals surface area contributed by atoms with Crippen LogP contribution >= 0.6 is 0 Å². The van der Waals surface area contributed by atoms with E-state index >= 15 is 0 Å². The van der Waals surface area contributed by atoms with Crippen LogP contribution < -0.4 is 5.32 Å². The molecule has 0 spiro atoms. The highest BCUT2D eigenvalue weighted by atomic mass is 15.1. The molecule has 0 saturated carbocycles. The Kier molecular flexibility index (Phi) is 2.27. The molecule has 1 heterocycles. The zero-order valence-electron chi connectivity index (χ0n) is 7.14. The quantitative estimate of drug-likeness (QED) is 0.754. The van der Waals surface area contributed by atoms with Gasteiger partial charge in [-0.1, -0.05) is 18.2 Å². The van der Waals surface area contributed by atoms with Crippen LogP contribution in [0.15, 0.2) is 42.6 Å². The number of H-pyrrole nitrogens is 1. The largest absolute Gasteiger partial charge is 0.285 e. The molecule has 1 aromatic carbocycles. The molecule has 0 aliphatic heterocycles. The smallest absolute Gasteiger partial charge is 0.0837 e. The van der Waals surface area contributed by atoms with Crippen LogP contribution in [0.25, 0.3) is 0 Å². The molecule has 0 atom stereocenters. The number of nitrogens with one attached hydrogen (secondary N) is 1. The predicted octanol–water partition coefficient (Wildman–Crippen LogP) is 1.85. The van der Waals surface area contributed by atoms with Gasteiger partial charge in [-0.25, -0.2) is 0 Å². The monoisotopic (exact) mass is 172 g/mol. The van der Waals surface area contributed by atoms with Crippen LogP contribution in [0, 0.1) is 0 Å². The molecule has 0 amide bonds. The fraction of sp³-hybridized carbons (Fsp3) is 0.100. The SMILES string of the molecule is c1ccc([N]Cc2cc[nH]n2)cc1. The number of nitrogens with zero attached hydrogens (tertiary/aromatic N) is 2. The molecular formula is C10H10N3. The molecule has 65 valence electrons. The van der Waals surface area contributed by atoms with Crippen molar-refractivity contribution >= 4 is 5.69 Å². The van der Waals surface area contributed by atoms with Crippen LogP contribution in [-0.4, -0.2) is 10.2 Å². The summed E-state index contributed by atoms with van der Waals surface area (Å²) in [4.78, 5) is 0. The maximum atomic E-state index is 4.37. The van der Waals surface area contributed by atoms with Crippen LogP contribution in [0.2, 0.25) is 0 Å². The molecule has 1 N–H and O–H groups in total. The summed E-state index contributed by atoms with van der Waals surface area (Å²) in [5, 5.41) is 11.1. The maximum absolute atomic E-state index is 4.37. The van der Waals surface area contributed by atoms with E-state index in [1.165, 1.54) is 0 Å². The molecule has 2 rings (SSSR count). The Morgan fingerprint density at radius 2 is 2.00 bits per heavy atom. The lowest BCUT2D eigenvalue weighted by atomic mass is 10.3. The second kappa shape index (κ2) is 3.76. The van der Waals surface area contributed by atoms with E-state index in [4.69, 9.17) is 0 Å². The zero-order chi connectivity index (χ0) is 8.93. The van der Waals surface area contributed by atoms with Crippen molar-refractivity contribution in [3.05, 3.63) is 48.3 Å². The van der Waals surface area contributed by atoms with Gasteiger partial charge in [0.1, 0.15) is 0 Å². The third kappa shape index (κ3) is 2.08. The van der Waals surface area contributed by atoms with Gasteiger partial charge in [0.15, 0.2) is 0 Å². The van der Waals surface area contributed by atoms with Crippen LogP contribution in [-0.2, 0) is 6.54 Å². The topological polar surface area (TPSA) is 42.8 Å². The lowest BCUT2D eigenvalue weighted by molar-refractivity contribution is 0.820. The van der Waals surface area contributed by atoms with Crippen molar-refractivity contribution in [3.63, 3.8) is 0 Å². The van der Waals surface area contributed by atoms with Gasteiger partial charge in [-0.3, -0.25) is 10.4 Å². The van der Waals surface area contributed by atoms with E-state index < -0.39 is 0 Å². The number of hydrogen-bond acceptors (Lipinski definition) is 1. The number of aromatic nitrogens is 2. The first-order valence-electron chi connectivity index (χ1n) is 4.16. The van der Waals surface area contributed by atoms with Crippen molar-refractivity contribution < 1.29 is 0 Å². The number of benzene rings is 1. The minimum Gasteiger partial charge on any atom is -0.285 e. The summed E-state index contributed by atoms with van der Waals surface area (Å²) in [6.07, 6.45) is 1.80. The van der Waals surface area contributed by atoms with Crippen molar-refractivity contribution in [3.8, 4) is 0 Å². The third-order valence-corrected chi connectivity index (χ3v) is 1.74. The highest BCUT2D eigenvalue weighted by molar-refractivity contribution is 5.34. The molecule has 0 unspecified atom stereocenters. The standard InChI is InChI=1S/C10H10N3/c1-2-4-9(5-3-1)11-8-10-6-7-12-13-10/h1-7H,8H2,(H,12,13). The van der Waals surface area contributed by atoms with E-state index in [0.29, 0.717) is 6.54 Å². The van der Waals surface area contributed by atoms with Gasteiger partial charge in [-0.05, 0) is 18.2 Å². The summed E-state index contributed by atoms with van der Waals surface area (Å²) in [7, 11) is 0. The number of rotatable bonds is 3. The Morgan fingerprint density at radius 3 is 2.69 bits per heavy atom. The third-order valence-electron chi connectivity index (χ3n) is 1.74. The van der Waals surface area contributed by atoms with Crippen molar-refractivity contribution in [1.29, 1.82) is 0 Å². The Morgan fingerprint density at radius 1 is 1.15 bits per heavy atom. The normalized spacial score (nSPS) is 9.85. The summed E-state index contributed by atoms with van der Waals surface area (Å²) < 4.78 is 0. The summed E-state index contributed by atoms with van der Waals surface area (Å²) in [6.45, 7) is 0.632. The first-order valence-corrected chi connectivity index (χ1v) is 4.16. The molecule has 0 aliphatic rings. The lowest BCUT2D eigenvalue weighted by Gasteiger charge is -1.98. The van der Waals surface area contributed by atoms with Gasteiger partial charge in [0.05, 0.1) is 17.9 Å². The van der Waals surface area contributed by atoms with Crippen molar-refractivity contribution in [2.45, 2.75) is 6.54 Å². The average molecular weight is 172 g/mol. The Bertz CT molecular complexity index is 340. The zero-order valence-corrected chi connectivity index (χ0v) is 7.14. The van der Waals surface area contributed by atoms with Crippen molar-refractivity contribution in [2.75, 3.05) is 0 Å². The molecule has 2 aromatic rings. The molecule has 0 bridgehead atoms. The minimum atomic E-state index is 0.632. The first-order chi connectivity index (χ1) is 6.45. The molecule has 13 heavy (non-hydrogen) atoms. The van der Waals surface area contributed by atoms with E-state index in [2.05, 4.69) is 15.5 Å². The molecule has 1 radical (unpaired) electrons. The summed E-state index contributed by atoms with van der Waals surface area (Å²) in [6, 6.07) is 11.8. The summed E-state index contributed by atoms with van der Waals surface area (Å²) >= 11 is 0. The van der Waals surface area contributed by atoms with Gasteiger partial charge >= 0.3 is 0 Å². The number of para-hydroxylation sites is 1. The van der Waals surface area contributed by atoms with Crippen LogP contribution in [0.1, 0.15) is 5.69 Å². The van der Waals surface area contributed by atoms with Crippen LogP contribution in [0.5, 0.6) is 0 Å². The lowest BCUT2D eigenvalue weighted by Crippen LogP contribution is -1.97. The molecule has 0 saturated heterocycles. The molecule has 0 aliphatic carbocycles. The molecule has 0 fully saturated rings. The second-order valence-corrected chi connectivity index (χ2v) is 2.72. The van der Waals surface area contributed by atoms with E-state index in [0.717, 1.165) is 11.4 Å². The van der Waals surface area contributed by atoms with E-state index in [1.807, 2.05) is 36.4 Å². The highest BCUT2D eigenvalue weighted by Gasteiger charge is 1.95. The van der Waals surface area contributed by atoms with Gasteiger partial charge in [-0.2, -0.15) is 5.10 Å². The highest BCUT2D eigenvalue weighted by Crippen LogP contribution is 2.06. The fourth-order valence-corrected chi connectivity index (χ4v) is 1.08. The van der Waals surface area contributed by atoms with E-state index in [1.54, 1.807) is 6.20 Å². The van der Waals surface area contributed by atoms with Gasteiger partial charge < -0.3 is 0 Å². The van der Waals surface area contributed by atoms with Gasteiger partial charge in [0.2, 0.25) is 0 Å². The Hall–Kier alpha value is -1.77. The molecule has 3 nitrogen and oxygen atoms in total. The molecule has 3 heteroatoms. The van der Waals surface area contributed by atoms with E-state index in [9.17, 15) is 0 Å². The van der Waals surface area contributed by atoms with Gasteiger partial charge in [-0.15, -0.1) is 0 Å². The Balaban J connectivity index is 1.94. The van der Waals surface area contributed by atoms with E-state index in [-0.39, 0.29) is 0 Å². The first kappa shape index (κ1) is 7.86. The molecule has 1 aromatic heterocycles. The van der Waals surface area contributed by atoms with Gasteiger partial charge in [0, 0.05) is 6.20 Å². The van der Waals surface area contributed by atoms with Crippen LogP contribution in [0.4, 0.5) is 5.69 Å². The Labute approximate surface area is 76.8 Å². The van der Waals surface area contributed by atoms with Crippen LogP contribution in [0.3, 0.4) is 0 Å². The molecular weight excluding hydrogens is 162 g/mol. The second-order valence-electron chi connectivity index (χ2n) is 2.72. The van der Waals surface area contributed by atoms with Crippen molar-refractivity contribution in [2.24, 2.45) is 0 Å². The predicted molar refractivity (Wildman–Crippen MR) is 50.5 cm³/mol. The number of aromatic amines is 1.